The minimum Gasteiger partial charge on any atom is -0.481 e. The Kier molecular flexibility index (Phi) is 4.22. The second-order valence-electron chi connectivity index (χ2n) is 6.28. The molecule has 0 spiro atoms. The van der Waals surface area contributed by atoms with Gasteiger partial charge in [0.05, 0.1) is 17.6 Å². The highest BCUT2D eigenvalue weighted by atomic mass is 16.5. The maximum Gasteiger partial charge on any atom is 0.317 e. The molecular formula is C14H24N2O4. The van der Waals surface area contributed by atoms with E-state index in [1.807, 2.05) is 6.92 Å². The van der Waals surface area contributed by atoms with E-state index >= 15 is 0 Å². The first-order chi connectivity index (χ1) is 9.41. The second kappa shape index (κ2) is 5.60. The SMILES string of the molecule is COC1(C)CCCN(C(=O)NCC2(C(=O)O)CCC2)C1. The fraction of sp³-hybridized carbons (Fsp3) is 0.857. The highest BCUT2D eigenvalue weighted by Crippen LogP contribution is 2.40. The van der Waals surface area contributed by atoms with Gasteiger partial charge < -0.3 is 20.1 Å². The molecule has 1 aliphatic heterocycles. The van der Waals surface area contributed by atoms with Crippen LogP contribution in [-0.2, 0) is 9.53 Å². The minimum atomic E-state index is -0.801. The van der Waals surface area contributed by atoms with Crippen LogP contribution >= 0.6 is 0 Å². The van der Waals surface area contributed by atoms with Crippen LogP contribution in [0.15, 0.2) is 0 Å². The van der Waals surface area contributed by atoms with E-state index in [-0.39, 0.29) is 18.2 Å². The number of ether oxygens (including phenoxy) is 1. The average Bonchev–Trinajstić information content (AvgIpc) is 2.37. The first kappa shape index (κ1) is 15.1. The number of nitrogens with zero attached hydrogens (tertiary/aromatic N) is 1. The van der Waals surface area contributed by atoms with E-state index in [0.29, 0.717) is 25.9 Å². The molecule has 6 nitrogen and oxygen atoms in total. The molecule has 1 heterocycles. The topological polar surface area (TPSA) is 78.9 Å². The lowest BCUT2D eigenvalue weighted by molar-refractivity contribution is -0.153. The van der Waals surface area contributed by atoms with Crippen LogP contribution in [0.1, 0.15) is 39.0 Å². The van der Waals surface area contributed by atoms with E-state index in [1.54, 1.807) is 12.0 Å². The molecule has 2 N–H and O–H groups in total. The lowest BCUT2D eigenvalue weighted by Crippen LogP contribution is -2.55. The number of amides is 2. The summed E-state index contributed by atoms with van der Waals surface area (Å²) in [5, 5.41) is 12.0. The number of urea groups is 1. The summed E-state index contributed by atoms with van der Waals surface area (Å²) in [4.78, 5) is 25.2. The normalized spacial score (nSPS) is 28.6. The molecule has 1 saturated carbocycles. The van der Waals surface area contributed by atoms with Crippen LogP contribution in [0.3, 0.4) is 0 Å². The second-order valence-corrected chi connectivity index (χ2v) is 6.28. The molecule has 0 bridgehead atoms. The summed E-state index contributed by atoms with van der Waals surface area (Å²) in [5.74, 6) is -0.801. The van der Waals surface area contributed by atoms with Crippen molar-refractivity contribution in [3.63, 3.8) is 0 Å². The third kappa shape index (κ3) is 2.90. The Morgan fingerprint density at radius 2 is 2.00 bits per heavy atom. The molecule has 1 unspecified atom stereocenters. The zero-order chi connectivity index (χ0) is 14.8. The van der Waals surface area contributed by atoms with E-state index in [9.17, 15) is 14.7 Å². The molecule has 1 saturated heterocycles. The zero-order valence-electron chi connectivity index (χ0n) is 12.3. The number of piperidine rings is 1. The molecule has 0 aromatic rings. The summed E-state index contributed by atoms with van der Waals surface area (Å²) in [6.45, 7) is 3.47. The number of carboxylic acid groups (broad SMARTS) is 1. The number of hydrogen-bond acceptors (Lipinski definition) is 3. The van der Waals surface area contributed by atoms with Crippen molar-refractivity contribution in [2.75, 3.05) is 26.7 Å². The highest BCUT2D eigenvalue weighted by Gasteiger charge is 2.45. The van der Waals surface area contributed by atoms with Crippen molar-refractivity contribution in [2.24, 2.45) is 5.41 Å². The third-order valence-corrected chi connectivity index (χ3v) is 4.78. The van der Waals surface area contributed by atoms with Gasteiger partial charge >= 0.3 is 12.0 Å². The molecule has 2 fully saturated rings. The zero-order valence-corrected chi connectivity index (χ0v) is 12.3. The Morgan fingerprint density at radius 1 is 1.30 bits per heavy atom. The van der Waals surface area contributed by atoms with E-state index in [1.165, 1.54) is 0 Å². The maximum absolute atomic E-state index is 12.2. The van der Waals surface area contributed by atoms with Crippen molar-refractivity contribution < 1.29 is 19.4 Å². The Hall–Kier alpha value is -1.30. The molecule has 0 aromatic heterocycles. The Morgan fingerprint density at radius 3 is 2.50 bits per heavy atom. The number of rotatable bonds is 4. The number of nitrogens with one attached hydrogen (secondary N) is 1. The molecule has 2 rings (SSSR count). The largest absolute Gasteiger partial charge is 0.481 e. The van der Waals surface area contributed by atoms with Gasteiger partial charge in [-0.1, -0.05) is 6.42 Å². The van der Waals surface area contributed by atoms with Gasteiger partial charge in [-0.2, -0.15) is 0 Å². The number of likely N-dealkylation sites (tertiary alicyclic amines) is 1. The van der Waals surface area contributed by atoms with Crippen molar-refractivity contribution >= 4 is 12.0 Å². The van der Waals surface area contributed by atoms with E-state index < -0.39 is 11.4 Å². The molecule has 1 atom stereocenters. The van der Waals surface area contributed by atoms with Crippen LogP contribution < -0.4 is 5.32 Å². The number of carboxylic acids is 1. The summed E-state index contributed by atoms with van der Waals surface area (Å²) >= 11 is 0. The Bertz CT molecular complexity index is 395. The lowest BCUT2D eigenvalue weighted by Gasteiger charge is -2.41. The Balaban J connectivity index is 1.87. The van der Waals surface area contributed by atoms with Gasteiger partial charge in [-0.15, -0.1) is 0 Å². The van der Waals surface area contributed by atoms with Gasteiger partial charge in [-0.25, -0.2) is 4.79 Å². The average molecular weight is 284 g/mol. The predicted molar refractivity (Wildman–Crippen MR) is 73.5 cm³/mol. The summed E-state index contributed by atoms with van der Waals surface area (Å²) in [6.07, 6.45) is 4.07. The molecular weight excluding hydrogens is 260 g/mol. The molecule has 2 amide bonds. The van der Waals surface area contributed by atoms with Crippen LogP contribution in [0.25, 0.3) is 0 Å². The molecule has 20 heavy (non-hydrogen) atoms. The van der Waals surface area contributed by atoms with Crippen molar-refractivity contribution in [1.82, 2.24) is 10.2 Å². The molecule has 1 aliphatic carbocycles. The number of hydrogen-bond donors (Lipinski definition) is 2. The maximum atomic E-state index is 12.2. The van der Waals surface area contributed by atoms with Crippen molar-refractivity contribution in [2.45, 2.75) is 44.6 Å². The quantitative estimate of drug-likeness (QED) is 0.819. The fourth-order valence-corrected chi connectivity index (χ4v) is 2.97. The minimum absolute atomic E-state index is 0.180. The van der Waals surface area contributed by atoms with Crippen LogP contribution in [-0.4, -0.2) is 54.4 Å². The van der Waals surface area contributed by atoms with Crippen LogP contribution in [0.2, 0.25) is 0 Å². The van der Waals surface area contributed by atoms with Gasteiger partial charge in [0, 0.05) is 20.2 Å². The van der Waals surface area contributed by atoms with E-state index in [0.717, 1.165) is 19.3 Å². The van der Waals surface area contributed by atoms with Crippen molar-refractivity contribution in [1.29, 1.82) is 0 Å². The molecule has 0 aromatic carbocycles. The van der Waals surface area contributed by atoms with Crippen LogP contribution in [0.5, 0.6) is 0 Å². The molecule has 2 aliphatic rings. The Labute approximate surface area is 119 Å². The number of carbonyl (C=O) groups excluding carboxylic acids is 1. The fourth-order valence-electron chi connectivity index (χ4n) is 2.97. The number of methoxy groups -OCH3 is 1. The summed E-state index contributed by atoms with van der Waals surface area (Å²) in [7, 11) is 1.66. The lowest BCUT2D eigenvalue weighted by atomic mass is 9.69. The third-order valence-electron chi connectivity index (χ3n) is 4.78. The first-order valence-corrected chi connectivity index (χ1v) is 7.22. The van der Waals surface area contributed by atoms with Gasteiger partial charge in [0.15, 0.2) is 0 Å². The van der Waals surface area contributed by atoms with E-state index in [4.69, 9.17) is 4.74 Å². The van der Waals surface area contributed by atoms with Gasteiger partial charge in [-0.3, -0.25) is 4.79 Å². The van der Waals surface area contributed by atoms with Gasteiger partial charge in [-0.05, 0) is 32.6 Å². The van der Waals surface area contributed by atoms with Crippen molar-refractivity contribution in [3.05, 3.63) is 0 Å². The van der Waals surface area contributed by atoms with Crippen LogP contribution in [0, 0.1) is 5.41 Å². The molecule has 114 valence electrons. The van der Waals surface area contributed by atoms with Crippen LogP contribution in [0.4, 0.5) is 4.79 Å². The van der Waals surface area contributed by atoms with Crippen molar-refractivity contribution in [3.8, 4) is 0 Å². The number of aliphatic carboxylic acids is 1. The highest BCUT2D eigenvalue weighted by molar-refractivity contribution is 5.79. The van der Waals surface area contributed by atoms with E-state index in [2.05, 4.69) is 5.32 Å². The standard InChI is InChI=1S/C14H24N2O4/c1-13(20-2)5-4-8-16(10-13)12(19)15-9-14(11(17)18)6-3-7-14/h3-10H2,1-2H3,(H,15,19)(H,17,18). The molecule has 0 radical (unpaired) electrons. The molecule has 6 heteroatoms. The summed E-state index contributed by atoms with van der Waals surface area (Å²) in [5.41, 5.74) is -1.04. The first-order valence-electron chi connectivity index (χ1n) is 7.22. The predicted octanol–water partition coefficient (Wildman–Crippen LogP) is 1.45. The van der Waals surface area contributed by atoms with Gasteiger partial charge in [0.1, 0.15) is 0 Å². The smallest absolute Gasteiger partial charge is 0.317 e. The number of carbonyl (C=O) groups is 2. The monoisotopic (exact) mass is 284 g/mol. The summed E-state index contributed by atoms with van der Waals surface area (Å²) < 4.78 is 5.46. The van der Waals surface area contributed by atoms with Gasteiger partial charge in [0.2, 0.25) is 0 Å². The van der Waals surface area contributed by atoms with Gasteiger partial charge in [0.25, 0.3) is 0 Å². The summed E-state index contributed by atoms with van der Waals surface area (Å²) in [6, 6.07) is -0.180.